The predicted molar refractivity (Wildman–Crippen MR) is 55.9 cm³/mol. The highest BCUT2D eigenvalue weighted by Crippen LogP contribution is 2.33. The average Bonchev–Trinajstić information content (AvgIpc) is 2.21. The van der Waals surface area contributed by atoms with Gasteiger partial charge in [-0.3, -0.25) is 4.79 Å². The highest BCUT2D eigenvalue weighted by Gasteiger charge is 2.23. The number of carboxylic acid groups (broad SMARTS) is 2. The van der Waals surface area contributed by atoms with Gasteiger partial charge in [0.25, 0.3) is 6.47 Å². The molecule has 0 bridgehead atoms. The van der Waals surface area contributed by atoms with Crippen molar-refractivity contribution in [2.75, 3.05) is 11.5 Å². The molecular weight excluding hydrogens is 232 g/mol. The van der Waals surface area contributed by atoms with E-state index in [1.165, 1.54) is 0 Å². The summed E-state index contributed by atoms with van der Waals surface area (Å²) in [7, 11) is 0. The lowest BCUT2D eigenvalue weighted by molar-refractivity contribution is -0.120. The third kappa shape index (κ3) is 2.09. The Balaban J connectivity index is 3.62. The summed E-state index contributed by atoms with van der Waals surface area (Å²) in [5.41, 5.74) is 8.74. The highest BCUT2D eigenvalue weighted by molar-refractivity contribution is 6.07. The van der Waals surface area contributed by atoms with Gasteiger partial charge in [-0.15, -0.1) is 0 Å². The minimum atomic E-state index is -1.51. The number of carboxylic acids is 2. The van der Waals surface area contributed by atoms with Crippen LogP contribution in [-0.2, 0) is 4.79 Å². The Morgan fingerprint density at radius 1 is 1.18 bits per heavy atom. The maximum Gasteiger partial charge on any atom is 0.340 e. The molecule has 0 radical (unpaired) electrons. The van der Waals surface area contributed by atoms with E-state index in [0.29, 0.717) is 0 Å². The van der Waals surface area contributed by atoms with Crippen LogP contribution in [-0.4, -0.2) is 28.6 Å². The van der Waals surface area contributed by atoms with Crippen LogP contribution in [0.3, 0.4) is 0 Å². The van der Waals surface area contributed by atoms with Gasteiger partial charge in [0, 0.05) is 0 Å². The summed E-state index contributed by atoms with van der Waals surface area (Å²) in [6.45, 7) is -0.000848. The first kappa shape index (κ1) is 12.3. The zero-order valence-corrected chi connectivity index (χ0v) is 8.34. The molecule has 0 aromatic heterocycles. The molecule has 8 nitrogen and oxygen atoms in total. The van der Waals surface area contributed by atoms with Crippen LogP contribution in [0.5, 0.6) is 5.75 Å². The first-order valence-electron chi connectivity index (χ1n) is 4.19. The second kappa shape index (κ2) is 4.39. The third-order valence-corrected chi connectivity index (χ3v) is 1.99. The van der Waals surface area contributed by atoms with E-state index in [1.54, 1.807) is 0 Å². The van der Waals surface area contributed by atoms with Crippen molar-refractivity contribution in [2.24, 2.45) is 0 Å². The Morgan fingerprint density at radius 2 is 1.76 bits per heavy atom. The molecular formula is C9H8N2O6. The summed E-state index contributed by atoms with van der Waals surface area (Å²) >= 11 is 0. The number of hydrogen-bond donors (Lipinski definition) is 4. The number of anilines is 2. The number of nitrogens with two attached hydrogens (primary N) is 2. The molecule has 0 spiro atoms. The topological polar surface area (TPSA) is 153 Å². The molecule has 0 heterocycles. The molecule has 1 aromatic rings. The van der Waals surface area contributed by atoms with Crippen LogP contribution in [0.1, 0.15) is 20.7 Å². The van der Waals surface area contributed by atoms with Crippen molar-refractivity contribution in [3.8, 4) is 5.75 Å². The minimum Gasteiger partial charge on any atom is -0.478 e. The SMILES string of the molecule is Nc1c(OC=O)cc(C(=O)O)c(N)c1C(=O)O. The third-order valence-electron chi connectivity index (χ3n) is 1.99. The maximum absolute atomic E-state index is 10.9. The normalized spacial score (nSPS) is 9.65. The second-order valence-electron chi connectivity index (χ2n) is 2.95. The molecule has 6 N–H and O–H groups in total. The molecule has 0 fully saturated rings. The Hall–Kier alpha value is -2.77. The Labute approximate surface area is 94.4 Å². The van der Waals surface area contributed by atoms with Crippen LogP contribution in [0.25, 0.3) is 0 Å². The number of carbonyl (C=O) groups excluding carboxylic acids is 1. The molecule has 0 aliphatic rings. The minimum absolute atomic E-state index is 0.000848. The van der Waals surface area contributed by atoms with Crippen molar-refractivity contribution in [1.29, 1.82) is 0 Å². The Morgan fingerprint density at radius 3 is 2.18 bits per heavy atom. The van der Waals surface area contributed by atoms with Gasteiger partial charge < -0.3 is 26.4 Å². The summed E-state index contributed by atoms with van der Waals surface area (Å²) in [5.74, 6) is -3.34. The van der Waals surface area contributed by atoms with Crippen molar-refractivity contribution in [2.45, 2.75) is 0 Å². The molecule has 90 valence electrons. The number of ether oxygens (including phenoxy) is 1. The number of nitrogen functional groups attached to an aromatic ring is 2. The molecule has 17 heavy (non-hydrogen) atoms. The largest absolute Gasteiger partial charge is 0.478 e. The van der Waals surface area contributed by atoms with Crippen LogP contribution < -0.4 is 16.2 Å². The lowest BCUT2D eigenvalue weighted by Gasteiger charge is -2.11. The van der Waals surface area contributed by atoms with E-state index in [1.807, 2.05) is 0 Å². The van der Waals surface area contributed by atoms with Gasteiger partial charge >= 0.3 is 11.9 Å². The molecule has 1 aromatic carbocycles. The number of rotatable bonds is 4. The fourth-order valence-electron chi connectivity index (χ4n) is 1.25. The van der Waals surface area contributed by atoms with Crippen LogP contribution in [0.4, 0.5) is 11.4 Å². The molecule has 0 saturated carbocycles. The lowest BCUT2D eigenvalue weighted by atomic mass is 10.0. The van der Waals surface area contributed by atoms with Crippen molar-refractivity contribution in [1.82, 2.24) is 0 Å². The lowest BCUT2D eigenvalue weighted by Crippen LogP contribution is -2.13. The summed E-state index contributed by atoms with van der Waals surface area (Å²) in [5, 5.41) is 17.6. The van der Waals surface area contributed by atoms with E-state index >= 15 is 0 Å². The van der Waals surface area contributed by atoms with Gasteiger partial charge in [-0.2, -0.15) is 0 Å². The monoisotopic (exact) mass is 240 g/mol. The smallest absolute Gasteiger partial charge is 0.340 e. The van der Waals surface area contributed by atoms with Gasteiger partial charge in [0.05, 0.1) is 16.9 Å². The zero-order valence-electron chi connectivity index (χ0n) is 8.34. The van der Waals surface area contributed by atoms with E-state index in [9.17, 15) is 14.4 Å². The van der Waals surface area contributed by atoms with Gasteiger partial charge in [0.2, 0.25) is 0 Å². The van der Waals surface area contributed by atoms with Crippen LogP contribution in [0.15, 0.2) is 6.07 Å². The van der Waals surface area contributed by atoms with Gasteiger partial charge in [-0.05, 0) is 6.07 Å². The average molecular weight is 240 g/mol. The molecule has 1 rings (SSSR count). The van der Waals surface area contributed by atoms with E-state index in [-0.39, 0.29) is 12.2 Å². The van der Waals surface area contributed by atoms with Crippen LogP contribution >= 0.6 is 0 Å². The Bertz CT molecular complexity index is 511. The van der Waals surface area contributed by atoms with E-state index in [4.69, 9.17) is 21.7 Å². The standard InChI is InChI=1S/C9H8N2O6/c10-6-3(8(13)14)1-4(17-2-12)7(11)5(6)9(15)16/h1-2H,10-11H2,(H,13,14)(H,15,16). The van der Waals surface area contributed by atoms with Gasteiger partial charge in [0.15, 0.2) is 5.75 Å². The van der Waals surface area contributed by atoms with Crippen molar-refractivity contribution >= 4 is 29.8 Å². The first-order chi connectivity index (χ1) is 7.90. The van der Waals surface area contributed by atoms with E-state index in [2.05, 4.69) is 4.74 Å². The molecule has 0 amide bonds. The van der Waals surface area contributed by atoms with E-state index in [0.717, 1.165) is 6.07 Å². The summed E-state index contributed by atoms with van der Waals surface area (Å²) in [6, 6.07) is 0.883. The molecule has 0 aliphatic carbocycles. The number of benzene rings is 1. The molecule has 0 unspecified atom stereocenters. The molecule has 8 heteroatoms. The van der Waals surface area contributed by atoms with Gasteiger partial charge in [0.1, 0.15) is 5.56 Å². The number of aromatic carboxylic acids is 2. The fourth-order valence-corrected chi connectivity index (χ4v) is 1.25. The fraction of sp³-hybridized carbons (Fsp3) is 0. The van der Waals surface area contributed by atoms with Crippen molar-refractivity contribution in [3.05, 3.63) is 17.2 Å². The molecule has 0 aliphatic heterocycles. The van der Waals surface area contributed by atoms with Gasteiger partial charge in [-0.1, -0.05) is 0 Å². The quantitative estimate of drug-likeness (QED) is 0.416. The van der Waals surface area contributed by atoms with Crippen LogP contribution in [0, 0.1) is 0 Å². The molecule has 0 atom stereocenters. The second-order valence-corrected chi connectivity index (χ2v) is 2.95. The van der Waals surface area contributed by atoms with E-state index < -0.39 is 34.4 Å². The number of carbonyl (C=O) groups is 3. The highest BCUT2D eigenvalue weighted by atomic mass is 16.5. The first-order valence-corrected chi connectivity index (χ1v) is 4.19. The van der Waals surface area contributed by atoms with Gasteiger partial charge in [-0.25, -0.2) is 9.59 Å². The zero-order chi connectivity index (χ0) is 13.2. The van der Waals surface area contributed by atoms with Crippen LogP contribution in [0.2, 0.25) is 0 Å². The Kier molecular flexibility index (Phi) is 3.18. The summed E-state index contributed by atoms with van der Waals surface area (Å²) in [6.07, 6.45) is 0. The predicted octanol–water partition coefficient (Wildman–Crippen LogP) is -0.217. The molecule has 0 saturated heterocycles. The summed E-state index contributed by atoms with van der Waals surface area (Å²) < 4.78 is 4.39. The number of hydrogen-bond acceptors (Lipinski definition) is 6. The van der Waals surface area contributed by atoms with Crippen molar-refractivity contribution in [3.63, 3.8) is 0 Å². The summed E-state index contributed by atoms with van der Waals surface area (Å²) in [4.78, 5) is 31.9. The maximum atomic E-state index is 10.9. The van der Waals surface area contributed by atoms with Crippen molar-refractivity contribution < 1.29 is 29.3 Å².